The van der Waals surface area contributed by atoms with Crippen LogP contribution in [0.5, 0.6) is 5.75 Å². The van der Waals surface area contributed by atoms with Gasteiger partial charge in [0, 0.05) is 5.56 Å². The lowest BCUT2D eigenvalue weighted by atomic mass is 10.1. The molecule has 0 unspecified atom stereocenters. The number of rotatable bonds is 3. The van der Waals surface area contributed by atoms with Crippen LogP contribution < -0.4 is 4.74 Å². The first-order chi connectivity index (χ1) is 7.10. The molecule has 1 rings (SSSR count). The molecule has 0 atom stereocenters. The normalized spacial score (nSPS) is 9.47. The van der Waals surface area contributed by atoms with Crippen molar-refractivity contribution in [2.24, 2.45) is 0 Å². The lowest BCUT2D eigenvalue weighted by molar-refractivity contribution is 0.101. The van der Waals surface area contributed by atoms with Crippen LogP contribution in [0.25, 0.3) is 0 Å². The summed E-state index contributed by atoms with van der Waals surface area (Å²) in [6.07, 6.45) is 0. The summed E-state index contributed by atoms with van der Waals surface area (Å²) in [5.74, 6) is 0.446. The molecule has 1 aromatic carbocycles. The molecular weight excluding hydrogens is 258 g/mol. The van der Waals surface area contributed by atoms with E-state index in [0.29, 0.717) is 28.0 Å². The van der Waals surface area contributed by atoms with Gasteiger partial charge in [-0.15, -0.1) is 0 Å². The number of carbonyl (C=O) groups excluding carboxylic acids is 1. The third-order valence-corrected chi connectivity index (χ3v) is 2.49. The number of benzene rings is 1. The highest BCUT2D eigenvalue weighted by Gasteiger charge is 2.12. The number of nitrogens with zero attached hydrogens (tertiary/aromatic N) is 1. The van der Waals surface area contributed by atoms with E-state index < -0.39 is 0 Å². The highest BCUT2D eigenvalue weighted by atomic mass is 79.9. The van der Waals surface area contributed by atoms with Crippen LogP contribution in [0, 0.1) is 11.3 Å². The Balaban J connectivity index is 3.32. The minimum absolute atomic E-state index is 0.139. The number of hydrogen-bond donors (Lipinski definition) is 0. The fraction of sp³-hybridized carbons (Fsp3) is 0.273. The van der Waals surface area contributed by atoms with Crippen molar-refractivity contribution >= 4 is 21.7 Å². The molecule has 78 valence electrons. The zero-order chi connectivity index (χ0) is 11.4. The molecule has 0 aliphatic carbocycles. The lowest BCUT2D eigenvalue weighted by Crippen LogP contribution is -2.00. The predicted octanol–water partition coefficient (Wildman–Crippen LogP) is 2.92. The van der Waals surface area contributed by atoms with Crippen LogP contribution in [0.15, 0.2) is 16.6 Å². The Labute approximate surface area is 96.8 Å². The Morgan fingerprint density at radius 1 is 1.60 bits per heavy atom. The third-order valence-electron chi connectivity index (χ3n) is 1.87. The Hall–Kier alpha value is -1.34. The standard InChI is InChI=1S/C11H10BrNO2/c1-3-15-11-5-9(7(2)14)8(6-13)4-10(11)12/h4-5H,3H2,1-2H3. The summed E-state index contributed by atoms with van der Waals surface area (Å²) in [7, 11) is 0. The van der Waals surface area contributed by atoms with E-state index in [0.717, 1.165) is 0 Å². The molecule has 0 heterocycles. The van der Waals surface area contributed by atoms with Crippen LogP contribution in [0.4, 0.5) is 0 Å². The van der Waals surface area contributed by atoms with Gasteiger partial charge < -0.3 is 4.74 Å². The molecular formula is C11H10BrNO2. The molecule has 4 heteroatoms. The van der Waals surface area contributed by atoms with Crippen LogP contribution >= 0.6 is 15.9 Å². The van der Waals surface area contributed by atoms with Gasteiger partial charge >= 0.3 is 0 Å². The molecule has 0 aliphatic rings. The maximum absolute atomic E-state index is 11.3. The quantitative estimate of drug-likeness (QED) is 0.792. The highest BCUT2D eigenvalue weighted by molar-refractivity contribution is 9.10. The SMILES string of the molecule is CCOc1cc(C(C)=O)c(C#N)cc1Br. The fourth-order valence-corrected chi connectivity index (χ4v) is 1.66. The van der Waals surface area contributed by atoms with Gasteiger partial charge in [-0.3, -0.25) is 4.79 Å². The van der Waals surface area contributed by atoms with Gasteiger partial charge in [-0.1, -0.05) is 0 Å². The Morgan fingerprint density at radius 2 is 2.27 bits per heavy atom. The second-order valence-corrected chi connectivity index (χ2v) is 3.78. The first-order valence-corrected chi connectivity index (χ1v) is 5.26. The molecule has 3 nitrogen and oxygen atoms in total. The summed E-state index contributed by atoms with van der Waals surface area (Å²) in [5.41, 5.74) is 0.752. The van der Waals surface area contributed by atoms with E-state index in [9.17, 15) is 4.79 Å². The number of ketones is 1. The summed E-state index contributed by atoms with van der Waals surface area (Å²) < 4.78 is 6.00. The van der Waals surface area contributed by atoms with Gasteiger partial charge in [0.05, 0.1) is 22.7 Å². The molecule has 0 aromatic heterocycles. The number of halogens is 1. The van der Waals surface area contributed by atoms with E-state index in [1.807, 2.05) is 13.0 Å². The van der Waals surface area contributed by atoms with E-state index in [4.69, 9.17) is 10.00 Å². The molecule has 0 spiro atoms. The van der Waals surface area contributed by atoms with Gasteiger partial charge in [-0.25, -0.2) is 0 Å². The van der Waals surface area contributed by atoms with Gasteiger partial charge in [0.2, 0.25) is 0 Å². The van der Waals surface area contributed by atoms with E-state index >= 15 is 0 Å². The Morgan fingerprint density at radius 3 is 2.73 bits per heavy atom. The van der Waals surface area contributed by atoms with Gasteiger partial charge in [0.25, 0.3) is 0 Å². The monoisotopic (exact) mass is 267 g/mol. The van der Waals surface area contributed by atoms with Crippen molar-refractivity contribution in [2.75, 3.05) is 6.61 Å². The summed E-state index contributed by atoms with van der Waals surface area (Å²) in [6.45, 7) is 3.81. The number of carbonyl (C=O) groups is 1. The summed E-state index contributed by atoms with van der Waals surface area (Å²) in [4.78, 5) is 11.3. The molecule has 0 fully saturated rings. The fourth-order valence-electron chi connectivity index (χ4n) is 1.20. The largest absolute Gasteiger partial charge is 0.493 e. The van der Waals surface area contributed by atoms with Crippen LogP contribution in [-0.2, 0) is 0 Å². The van der Waals surface area contributed by atoms with Crippen LogP contribution in [0.1, 0.15) is 29.8 Å². The molecule has 0 aliphatic heterocycles. The smallest absolute Gasteiger partial charge is 0.161 e. The predicted molar refractivity (Wildman–Crippen MR) is 60.0 cm³/mol. The van der Waals surface area contributed by atoms with Crippen molar-refractivity contribution in [2.45, 2.75) is 13.8 Å². The topological polar surface area (TPSA) is 50.1 Å². The lowest BCUT2D eigenvalue weighted by Gasteiger charge is -2.08. The van der Waals surface area contributed by atoms with E-state index in [-0.39, 0.29) is 5.78 Å². The summed E-state index contributed by atoms with van der Waals surface area (Å²) in [5, 5.41) is 8.85. The molecule has 0 N–H and O–H groups in total. The number of nitriles is 1. The first kappa shape index (κ1) is 11.7. The molecule has 1 aromatic rings. The molecule has 15 heavy (non-hydrogen) atoms. The summed E-state index contributed by atoms with van der Waals surface area (Å²) >= 11 is 3.28. The first-order valence-electron chi connectivity index (χ1n) is 4.47. The van der Waals surface area contributed by atoms with E-state index in [1.54, 1.807) is 12.1 Å². The van der Waals surface area contributed by atoms with Gasteiger partial charge in [0.1, 0.15) is 5.75 Å². The zero-order valence-corrected chi connectivity index (χ0v) is 10.1. The van der Waals surface area contributed by atoms with E-state index in [1.165, 1.54) is 6.92 Å². The van der Waals surface area contributed by atoms with E-state index in [2.05, 4.69) is 15.9 Å². The second kappa shape index (κ2) is 4.94. The number of Topliss-reactive ketones (excluding diaryl/α,β-unsaturated/α-hetero) is 1. The molecule has 0 saturated carbocycles. The Kier molecular flexibility index (Phi) is 3.87. The highest BCUT2D eigenvalue weighted by Crippen LogP contribution is 2.28. The second-order valence-electron chi connectivity index (χ2n) is 2.93. The van der Waals surface area contributed by atoms with Gasteiger partial charge in [0.15, 0.2) is 5.78 Å². The molecule has 0 bridgehead atoms. The van der Waals surface area contributed by atoms with Crippen LogP contribution in [-0.4, -0.2) is 12.4 Å². The zero-order valence-electron chi connectivity index (χ0n) is 8.50. The van der Waals surface area contributed by atoms with Crippen molar-refractivity contribution in [3.63, 3.8) is 0 Å². The van der Waals surface area contributed by atoms with Gasteiger partial charge in [-0.2, -0.15) is 5.26 Å². The minimum Gasteiger partial charge on any atom is -0.493 e. The number of hydrogen-bond acceptors (Lipinski definition) is 3. The van der Waals surface area contributed by atoms with Crippen molar-refractivity contribution in [3.8, 4) is 11.8 Å². The van der Waals surface area contributed by atoms with Gasteiger partial charge in [-0.05, 0) is 41.9 Å². The molecule has 0 saturated heterocycles. The minimum atomic E-state index is -0.139. The average Bonchev–Trinajstić information content (AvgIpc) is 2.20. The maximum atomic E-state index is 11.3. The maximum Gasteiger partial charge on any atom is 0.161 e. The van der Waals surface area contributed by atoms with Crippen molar-refractivity contribution in [1.82, 2.24) is 0 Å². The third kappa shape index (κ3) is 2.57. The van der Waals surface area contributed by atoms with Crippen molar-refractivity contribution in [1.29, 1.82) is 5.26 Å². The van der Waals surface area contributed by atoms with Crippen LogP contribution in [0.3, 0.4) is 0 Å². The van der Waals surface area contributed by atoms with Crippen molar-refractivity contribution < 1.29 is 9.53 Å². The Bertz CT molecular complexity index is 435. The van der Waals surface area contributed by atoms with Crippen molar-refractivity contribution in [3.05, 3.63) is 27.7 Å². The molecule has 0 amide bonds. The average molecular weight is 268 g/mol. The summed E-state index contributed by atoms with van der Waals surface area (Å²) in [6, 6.07) is 5.17. The number of ether oxygens (including phenoxy) is 1. The molecule has 0 radical (unpaired) electrons. The van der Waals surface area contributed by atoms with Crippen LogP contribution in [0.2, 0.25) is 0 Å².